The number of hydrogen-bond acceptors (Lipinski definition) is 5. The highest BCUT2D eigenvalue weighted by atomic mass is 32.1. The topological polar surface area (TPSA) is 53.0 Å². The maximum atomic E-state index is 12.5. The van der Waals surface area contributed by atoms with E-state index in [4.69, 9.17) is 4.74 Å². The highest BCUT2D eigenvalue weighted by molar-refractivity contribution is 7.10. The molecule has 1 aromatic heterocycles. The molecular weight excluding hydrogens is 300 g/mol. The Morgan fingerprint density at radius 3 is 2.95 bits per heavy atom. The number of aliphatic hydroxyl groups excluding tert-OH is 1. The predicted molar refractivity (Wildman–Crippen MR) is 86.0 cm³/mol. The first-order chi connectivity index (χ1) is 10.6. The van der Waals surface area contributed by atoms with Gasteiger partial charge >= 0.3 is 0 Å². The number of hydrogen-bond donors (Lipinski definition) is 1. The minimum absolute atomic E-state index is 0.0632. The number of β-amino-alcohol motifs (C(OH)–C–C–N with tert-alkyl or cyclic N) is 1. The van der Waals surface area contributed by atoms with Crippen LogP contribution in [0.1, 0.15) is 29.9 Å². The Bertz CT molecular complexity index is 509. The van der Waals surface area contributed by atoms with E-state index in [1.165, 1.54) is 10.4 Å². The summed E-state index contributed by atoms with van der Waals surface area (Å²) in [6.45, 7) is 6.37. The predicted octanol–water partition coefficient (Wildman–Crippen LogP) is 1.28. The van der Waals surface area contributed by atoms with Gasteiger partial charge in [0.05, 0.1) is 19.1 Å². The van der Waals surface area contributed by atoms with E-state index in [-0.39, 0.29) is 18.1 Å². The molecule has 5 nitrogen and oxygen atoms in total. The number of nitrogens with zero attached hydrogens (tertiary/aromatic N) is 2. The zero-order valence-electron chi connectivity index (χ0n) is 13.0. The molecule has 1 amide bonds. The standard InChI is InChI=1S/C16H24N2O3S/c1-12(19)11-17-4-6-18(7-5-17)15(20)10-14-16-13(2-8-21-14)3-9-22-16/h3,9,12,14,19H,2,4-8,10-11H2,1H3/t12-,14-/m0/s1. The van der Waals surface area contributed by atoms with Gasteiger partial charge in [-0.3, -0.25) is 9.69 Å². The monoisotopic (exact) mass is 324 g/mol. The Morgan fingerprint density at radius 1 is 1.45 bits per heavy atom. The van der Waals surface area contributed by atoms with E-state index in [0.29, 0.717) is 19.6 Å². The van der Waals surface area contributed by atoms with E-state index < -0.39 is 0 Å². The molecule has 1 fully saturated rings. The Kier molecular flexibility index (Phi) is 5.13. The first kappa shape index (κ1) is 15.9. The van der Waals surface area contributed by atoms with Crippen LogP contribution in [-0.4, -0.2) is 66.2 Å². The molecule has 1 aromatic rings. The van der Waals surface area contributed by atoms with Crippen LogP contribution in [0.2, 0.25) is 0 Å². The molecule has 2 atom stereocenters. The first-order valence-corrected chi connectivity index (χ1v) is 8.87. The maximum absolute atomic E-state index is 12.5. The van der Waals surface area contributed by atoms with Crippen LogP contribution in [0.25, 0.3) is 0 Å². The molecule has 0 radical (unpaired) electrons. The molecule has 0 unspecified atom stereocenters. The second kappa shape index (κ2) is 7.08. The van der Waals surface area contributed by atoms with E-state index in [9.17, 15) is 9.90 Å². The van der Waals surface area contributed by atoms with Gasteiger partial charge in [0.2, 0.25) is 5.91 Å². The van der Waals surface area contributed by atoms with Crippen molar-refractivity contribution < 1.29 is 14.6 Å². The summed E-state index contributed by atoms with van der Waals surface area (Å²) >= 11 is 1.70. The van der Waals surface area contributed by atoms with Crippen LogP contribution in [0.15, 0.2) is 11.4 Å². The van der Waals surface area contributed by atoms with Crippen molar-refractivity contribution in [2.75, 3.05) is 39.3 Å². The van der Waals surface area contributed by atoms with Gasteiger partial charge in [-0.2, -0.15) is 0 Å². The average Bonchev–Trinajstić information content (AvgIpc) is 2.97. The van der Waals surface area contributed by atoms with Crippen molar-refractivity contribution in [1.29, 1.82) is 0 Å². The third-order valence-corrected chi connectivity index (χ3v) is 5.42. The number of carbonyl (C=O) groups is 1. The van der Waals surface area contributed by atoms with Gasteiger partial charge in [-0.25, -0.2) is 0 Å². The summed E-state index contributed by atoms with van der Waals surface area (Å²) in [7, 11) is 0. The Morgan fingerprint density at radius 2 is 2.23 bits per heavy atom. The van der Waals surface area contributed by atoms with Crippen LogP contribution in [0.4, 0.5) is 0 Å². The molecule has 0 aliphatic carbocycles. The van der Waals surface area contributed by atoms with Crippen molar-refractivity contribution in [1.82, 2.24) is 9.80 Å². The van der Waals surface area contributed by atoms with Gasteiger partial charge in [0.15, 0.2) is 0 Å². The fourth-order valence-electron chi connectivity index (χ4n) is 3.22. The van der Waals surface area contributed by atoms with Crippen LogP contribution in [0, 0.1) is 0 Å². The molecule has 2 aliphatic rings. The van der Waals surface area contributed by atoms with Crippen molar-refractivity contribution in [2.24, 2.45) is 0 Å². The molecule has 22 heavy (non-hydrogen) atoms. The first-order valence-electron chi connectivity index (χ1n) is 7.99. The van der Waals surface area contributed by atoms with Crippen LogP contribution in [-0.2, 0) is 16.0 Å². The van der Waals surface area contributed by atoms with Crippen molar-refractivity contribution >= 4 is 17.2 Å². The molecule has 122 valence electrons. The lowest BCUT2D eigenvalue weighted by atomic mass is 10.0. The molecule has 3 heterocycles. The van der Waals surface area contributed by atoms with Crippen molar-refractivity contribution in [2.45, 2.75) is 32.0 Å². The second-order valence-corrected chi connectivity index (χ2v) is 7.10. The van der Waals surface area contributed by atoms with Gasteiger partial charge in [0, 0.05) is 37.6 Å². The molecular formula is C16H24N2O3S. The highest BCUT2D eigenvalue weighted by Crippen LogP contribution is 2.34. The summed E-state index contributed by atoms with van der Waals surface area (Å²) in [5, 5.41) is 11.5. The molecule has 3 rings (SSSR count). The SMILES string of the molecule is C[C@H](O)CN1CCN(C(=O)C[C@@H]2OCCc3ccsc32)CC1. The summed E-state index contributed by atoms with van der Waals surface area (Å²) in [5.74, 6) is 0.183. The summed E-state index contributed by atoms with van der Waals surface area (Å²) in [6, 6.07) is 2.15. The van der Waals surface area contributed by atoms with E-state index in [1.54, 1.807) is 18.3 Å². The van der Waals surface area contributed by atoms with Crippen LogP contribution < -0.4 is 0 Å². The molecule has 6 heteroatoms. The van der Waals surface area contributed by atoms with Gasteiger partial charge in [-0.1, -0.05) is 0 Å². The lowest BCUT2D eigenvalue weighted by molar-refractivity contribution is -0.136. The van der Waals surface area contributed by atoms with Crippen LogP contribution in [0.5, 0.6) is 0 Å². The van der Waals surface area contributed by atoms with Gasteiger partial charge in [0.1, 0.15) is 6.10 Å². The molecule has 1 saturated heterocycles. The number of ether oxygens (including phenoxy) is 1. The third kappa shape index (κ3) is 3.68. The largest absolute Gasteiger partial charge is 0.392 e. The van der Waals surface area contributed by atoms with Crippen molar-refractivity contribution in [3.05, 3.63) is 21.9 Å². The molecule has 0 spiro atoms. The van der Waals surface area contributed by atoms with Gasteiger partial charge in [-0.05, 0) is 30.4 Å². The zero-order chi connectivity index (χ0) is 15.5. The Labute approximate surface area is 135 Å². The van der Waals surface area contributed by atoms with E-state index in [0.717, 1.165) is 32.6 Å². The third-order valence-electron chi connectivity index (χ3n) is 4.37. The number of fused-ring (bicyclic) bond motifs is 1. The summed E-state index contributed by atoms with van der Waals surface area (Å²) in [6.07, 6.45) is 1.03. The van der Waals surface area contributed by atoms with Crippen molar-refractivity contribution in [3.63, 3.8) is 0 Å². The molecule has 0 bridgehead atoms. The second-order valence-electron chi connectivity index (χ2n) is 6.15. The van der Waals surface area contributed by atoms with Gasteiger partial charge < -0.3 is 14.7 Å². The normalized spacial score (nSPS) is 24.1. The highest BCUT2D eigenvalue weighted by Gasteiger charge is 2.28. The number of aliphatic hydroxyl groups is 1. The average molecular weight is 324 g/mol. The fourth-order valence-corrected chi connectivity index (χ4v) is 4.22. The Balaban J connectivity index is 1.52. The number of carbonyl (C=O) groups excluding carboxylic acids is 1. The van der Waals surface area contributed by atoms with E-state index >= 15 is 0 Å². The fraction of sp³-hybridized carbons (Fsp3) is 0.688. The quantitative estimate of drug-likeness (QED) is 0.906. The number of amides is 1. The minimum atomic E-state index is -0.310. The lowest BCUT2D eigenvalue weighted by Gasteiger charge is -2.36. The van der Waals surface area contributed by atoms with E-state index in [1.807, 2.05) is 4.90 Å². The molecule has 0 aromatic carbocycles. The maximum Gasteiger partial charge on any atom is 0.225 e. The van der Waals surface area contributed by atoms with E-state index in [2.05, 4.69) is 16.3 Å². The van der Waals surface area contributed by atoms with Crippen LogP contribution >= 0.6 is 11.3 Å². The molecule has 2 aliphatic heterocycles. The van der Waals surface area contributed by atoms with Gasteiger partial charge in [0.25, 0.3) is 0 Å². The summed E-state index contributed by atoms with van der Waals surface area (Å²) < 4.78 is 5.82. The van der Waals surface area contributed by atoms with Crippen molar-refractivity contribution in [3.8, 4) is 0 Å². The Hall–Kier alpha value is -0.950. The summed E-state index contributed by atoms with van der Waals surface area (Å²) in [5.41, 5.74) is 1.34. The minimum Gasteiger partial charge on any atom is -0.392 e. The van der Waals surface area contributed by atoms with Crippen LogP contribution in [0.3, 0.4) is 0 Å². The summed E-state index contributed by atoms with van der Waals surface area (Å²) in [4.78, 5) is 17.9. The number of thiophene rings is 1. The zero-order valence-corrected chi connectivity index (χ0v) is 13.8. The van der Waals surface area contributed by atoms with Gasteiger partial charge in [-0.15, -0.1) is 11.3 Å². The smallest absolute Gasteiger partial charge is 0.225 e. The lowest BCUT2D eigenvalue weighted by Crippen LogP contribution is -2.50. The number of piperazine rings is 1. The molecule has 1 N–H and O–H groups in total. The number of rotatable bonds is 4. The molecule has 0 saturated carbocycles.